The predicted octanol–water partition coefficient (Wildman–Crippen LogP) is 3.04. The van der Waals surface area contributed by atoms with Crippen molar-refractivity contribution in [1.29, 1.82) is 0 Å². The topological polar surface area (TPSA) is 86.0 Å². The Hall–Kier alpha value is -3.78. The Morgan fingerprint density at radius 2 is 1.71 bits per heavy atom. The monoisotopic (exact) mass is 438 g/mol. The molecule has 2 heterocycles. The zero-order chi connectivity index (χ0) is 22.0. The van der Waals surface area contributed by atoms with Crippen LogP contribution in [0.3, 0.4) is 0 Å². The number of nitrogens with one attached hydrogen (secondary N) is 1. The summed E-state index contributed by atoms with van der Waals surface area (Å²) in [6.07, 6.45) is 1.44. The smallest absolute Gasteiger partial charge is 0.325 e. The molecule has 31 heavy (non-hydrogen) atoms. The van der Waals surface area contributed by atoms with Crippen molar-refractivity contribution >= 4 is 34.2 Å². The Bertz CT molecular complexity index is 1380. The maximum atomic E-state index is 13.1. The van der Waals surface area contributed by atoms with Crippen molar-refractivity contribution in [1.82, 2.24) is 14.1 Å². The second-order valence-corrected chi connectivity index (χ2v) is 7.25. The fourth-order valence-corrected chi connectivity index (χ4v) is 3.31. The molecule has 9 heteroatoms. The van der Waals surface area contributed by atoms with E-state index in [1.165, 1.54) is 30.5 Å². The quantitative estimate of drug-likeness (QED) is 0.519. The summed E-state index contributed by atoms with van der Waals surface area (Å²) in [6, 6.07) is 15.1. The van der Waals surface area contributed by atoms with Gasteiger partial charge in [-0.3, -0.25) is 18.7 Å². The van der Waals surface area contributed by atoms with Crippen LogP contribution in [0.1, 0.15) is 5.56 Å². The number of hydrogen-bond donors (Lipinski definition) is 1. The van der Waals surface area contributed by atoms with Crippen molar-refractivity contribution in [3.05, 3.63) is 104 Å². The van der Waals surface area contributed by atoms with Crippen molar-refractivity contribution in [3.63, 3.8) is 0 Å². The van der Waals surface area contributed by atoms with Crippen LogP contribution in [0.5, 0.6) is 0 Å². The maximum Gasteiger partial charge on any atom is 0.333 e. The number of anilines is 1. The van der Waals surface area contributed by atoms with Gasteiger partial charge in [-0.05, 0) is 54.1 Å². The molecule has 2 aromatic heterocycles. The molecule has 4 rings (SSSR count). The molecule has 0 atom stereocenters. The number of carbonyl (C=O) groups is 1. The first kappa shape index (κ1) is 20.5. The largest absolute Gasteiger partial charge is 0.333 e. The van der Waals surface area contributed by atoms with Gasteiger partial charge in [0.1, 0.15) is 18.0 Å². The van der Waals surface area contributed by atoms with Gasteiger partial charge in [-0.1, -0.05) is 23.7 Å². The Morgan fingerprint density at radius 1 is 1.00 bits per heavy atom. The molecular weight excluding hydrogens is 423 g/mol. The third-order valence-corrected chi connectivity index (χ3v) is 4.92. The van der Waals surface area contributed by atoms with E-state index >= 15 is 0 Å². The van der Waals surface area contributed by atoms with Crippen LogP contribution in [-0.2, 0) is 17.9 Å². The standard InChI is InChI=1S/C22H16ClFN4O3/c23-15-5-3-14(4-6-15)12-28-21(30)18-2-1-11-25-20(18)27(22(28)31)13-19(29)26-17-9-7-16(24)8-10-17/h1-11H,12-13H2,(H,26,29). The lowest BCUT2D eigenvalue weighted by Crippen LogP contribution is -2.42. The van der Waals surface area contributed by atoms with E-state index in [9.17, 15) is 18.8 Å². The molecule has 0 aliphatic heterocycles. The second-order valence-electron chi connectivity index (χ2n) is 6.82. The number of aromatic nitrogens is 3. The number of nitrogens with zero attached hydrogens (tertiary/aromatic N) is 3. The maximum absolute atomic E-state index is 13.1. The van der Waals surface area contributed by atoms with Gasteiger partial charge in [0.05, 0.1) is 11.9 Å². The molecule has 7 nitrogen and oxygen atoms in total. The number of benzene rings is 2. The summed E-state index contributed by atoms with van der Waals surface area (Å²) in [5, 5.41) is 3.35. The molecule has 0 saturated carbocycles. The normalized spacial score (nSPS) is 10.9. The minimum atomic E-state index is -0.666. The van der Waals surface area contributed by atoms with Crippen LogP contribution in [0, 0.1) is 5.82 Å². The highest BCUT2D eigenvalue weighted by Gasteiger charge is 2.16. The van der Waals surface area contributed by atoms with Crippen molar-refractivity contribution in [3.8, 4) is 0 Å². The Labute approximate surface area is 180 Å². The van der Waals surface area contributed by atoms with Gasteiger partial charge >= 0.3 is 5.69 Å². The number of hydrogen-bond acceptors (Lipinski definition) is 4. The summed E-state index contributed by atoms with van der Waals surface area (Å²) >= 11 is 5.91. The van der Waals surface area contributed by atoms with Crippen molar-refractivity contribution in [2.24, 2.45) is 0 Å². The molecule has 0 aliphatic rings. The molecule has 0 spiro atoms. The van der Waals surface area contributed by atoms with Gasteiger partial charge in [0.2, 0.25) is 5.91 Å². The van der Waals surface area contributed by atoms with Gasteiger partial charge in [0.15, 0.2) is 0 Å². The molecule has 0 radical (unpaired) electrons. The van der Waals surface area contributed by atoms with Crippen LogP contribution in [0.15, 0.2) is 76.4 Å². The average Bonchev–Trinajstić information content (AvgIpc) is 2.77. The van der Waals surface area contributed by atoms with Crippen molar-refractivity contribution in [2.75, 3.05) is 5.32 Å². The molecule has 0 unspecified atom stereocenters. The van der Waals surface area contributed by atoms with Gasteiger partial charge in [-0.15, -0.1) is 0 Å². The van der Waals surface area contributed by atoms with Gasteiger partial charge in [0.25, 0.3) is 5.56 Å². The fourth-order valence-electron chi connectivity index (χ4n) is 3.18. The highest BCUT2D eigenvalue weighted by molar-refractivity contribution is 6.30. The zero-order valence-electron chi connectivity index (χ0n) is 16.1. The van der Waals surface area contributed by atoms with Crippen LogP contribution in [-0.4, -0.2) is 20.0 Å². The number of rotatable bonds is 5. The van der Waals surface area contributed by atoms with Gasteiger partial charge in [-0.25, -0.2) is 14.2 Å². The third kappa shape index (κ3) is 4.39. The van der Waals surface area contributed by atoms with Crippen LogP contribution in [0.2, 0.25) is 5.02 Å². The highest BCUT2D eigenvalue weighted by atomic mass is 35.5. The SMILES string of the molecule is O=C(Cn1c(=O)n(Cc2ccc(Cl)cc2)c(=O)c2cccnc21)Nc1ccc(F)cc1. The molecular formula is C22H16ClFN4O3. The Kier molecular flexibility index (Phi) is 5.64. The van der Waals surface area contributed by atoms with E-state index < -0.39 is 23.0 Å². The lowest BCUT2D eigenvalue weighted by molar-refractivity contribution is -0.116. The third-order valence-electron chi connectivity index (χ3n) is 4.66. The summed E-state index contributed by atoms with van der Waals surface area (Å²) in [5.74, 6) is -0.948. The summed E-state index contributed by atoms with van der Waals surface area (Å²) in [6.45, 7) is -0.357. The summed E-state index contributed by atoms with van der Waals surface area (Å²) in [5.41, 5.74) is 0.0260. The lowest BCUT2D eigenvalue weighted by atomic mass is 10.2. The van der Waals surface area contributed by atoms with E-state index in [1.54, 1.807) is 36.4 Å². The van der Waals surface area contributed by atoms with E-state index in [0.717, 1.165) is 9.13 Å². The first-order chi connectivity index (χ1) is 14.9. The van der Waals surface area contributed by atoms with E-state index in [0.29, 0.717) is 16.3 Å². The Balaban J connectivity index is 1.74. The predicted molar refractivity (Wildman–Crippen MR) is 116 cm³/mol. The van der Waals surface area contributed by atoms with E-state index in [1.807, 2.05) is 0 Å². The minimum absolute atomic E-state index is 0.0131. The lowest BCUT2D eigenvalue weighted by Gasteiger charge is -2.13. The second kappa shape index (κ2) is 8.53. The van der Waals surface area contributed by atoms with Gasteiger partial charge in [-0.2, -0.15) is 0 Å². The molecule has 0 fully saturated rings. The number of fused-ring (bicyclic) bond motifs is 1. The van der Waals surface area contributed by atoms with Crippen molar-refractivity contribution < 1.29 is 9.18 Å². The molecule has 2 aromatic carbocycles. The number of halogens is 2. The molecule has 4 aromatic rings. The number of amides is 1. The summed E-state index contributed by atoms with van der Waals surface area (Å²) in [7, 11) is 0. The van der Waals surface area contributed by atoms with Crippen LogP contribution < -0.4 is 16.6 Å². The average molecular weight is 439 g/mol. The van der Waals surface area contributed by atoms with Gasteiger partial charge < -0.3 is 5.32 Å². The molecule has 0 bridgehead atoms. The molecule has 1 N–H and O–H groups in total. The zero-order valence-corrected chi connectivity index (χ0v) is 16.8. The molecule has 0 saturated heterocycles. The first-order valence-electron chi connectivity index (χ1n) is 9.30. The van der Waals surface area contributed by atoms with Crippen LogP contribution in [0.4, 0.5) is 10.1 Å². The van der Waals surface area contributed by atoms with Crippen molar-refractivity contribution in [2.45, 2.75) is 13.1 Å². The van der Waals surface area contributed by atoms with E-state index in [-0.39, 0.29) is 24.1 Å². The number of carbonyl (C=O) groups excluding carboxylic acids is 1. The van der Waals surface area contributed by atoms with Crippen LogP contribution >= 0.6 is 11.6 Å². The van der Waals surface area contributed by atoms with Crippen LogP contribution in [0.25, 0.3) is 11.0 Å². The first-order valence-corrected chi connectivity index (χ1v) is 9.68. The Morgan fingerprint density at radius 3 is 2.42 bits per heavy atom. The summed E-state index contributed by atoms with van der Waals surface area (Å²) in [4.78, 5) is 42.8. The minimum Gasteiger partial charge on any atom is -0.325 e. The molecule has 1 amide bonds. The van der Waals surface area contributed by atoms with Gasteiger partial charge in [0, 0.05) is 16.9 Å². The highest BCUT2D eigenvalue weighted by Crippen LogP contribution is 2.11. The molecule has 156 valence electrons. The van der Waals surface area contributed by atoms with E-state index in [4.69, 9.17) is 11.6 Å². The van der Waals surface area contributed by atoms with E-state index in [2.05, 4.69) is 10.3 Å². The summed E-state index contributed by atoms with van der Waals surface area (Å²) < 4.78 is 15.3. The number of pyridine rings is 1. The molecule has 0 aliphatic carbocycles. The fraction of sp³-hybridized carbons (Fsp3) is 0.0909.